The van der Waals surface area contributed by atoms with Gasteiger partial charge in [-0.25, -0.2) is 9.59 Å². The van der Waals surface area contributed by atoms with E-state index in [4.69, 9.17) is 5.11 Å². The second-order valence-electron chi connectivity index (χ2n) is 12.5. The Labute approximate surface area is 222 Å². The molecule has 0 aliphatic carbocycles. The maximum absolute atomic E-state index is 13.1. The van der Waals surface area contributed by atoms with Crippen LogP contribution in [0, 0.1) is 21.7 Å². The van der Waals surface area contributed by atoms with Gasteiger partial charge in [0.25, 0.3) is 0 Å². The summed E-state index contributed by atoms with van der Waals surface area (Å²) in [5, 5.41) is 26.7. The van der Waals surface area contributed by atoms with Crippen LogP contribution < -0.4 is 16.0 Å². The molecule has 1 aromatic carbocycles. The van der Waals surface area contributed by atoms with Crippen molar-refractivity contribution in [3.63, 3.8) is 0 Å². The number of allylic oxidation sites excluding steroid dienone is 2. The zero-order valence-electron chi connectivity index (χ0n) is 24.0. The lowest BCUT2D eigenvalue weighted by Crippen LogP contribution is -2.46. The van der Waals surface area contributed by atoms with Gasteiger partial charge in [-0.2, -0.15) is 0 Å². The van der Waals surface area contributed by atoms with Crippen molar-refractivity contribution in [2.45, 2.75) is 81.6 Å². The van der Waals surface area contributed by atoms with Gasteiger partial charge >= 0.3 is 12.0 Å². The first-order valence-electron chi connectivity index (χ1n) is 12.9. The summed E-state index contributed by atoms with van der Waals surface area (Å²) in [6, 6.07) is 3.23. The van der Waals surface area contributed by atoms with Crippen molar-refractivity contribution in [2.24, 2.45) is 21.7 Å². The predicted octanol–water partition coefficient (Wildman–Crippen LogP) is 6.18. The van der Waals surface area contributed by atoms with E-state index in [-0.39, 0.29) is 52.2 Å². The van der Waals surface area contributed by atoms with Gasteiger partial charge in [0.05, 0.1) is 0 Å². The molecule has 0 radical (unpaired) electrons. The first kappa shape index (κ1) is 32.0. The second-order valence-corrected chi connectivity index (χ2v) is 12.5. The van der Waals surface area contributed by atoms with Crippen molar-refractivity contribution in [3.05, 3.63) is 35.9 Å². The van der Waals surface area contributed by atoms with Gasteiger partial charge in [-0.3, -0.25) is 4.79 Å². The number of rotatable bonds is 12. The average Bonchev–Trinajstić information content (AvgIpc) is 2.76. The Morgan fingerprint density at radius 3 is 2.08 bits per heavy atom. The summed E-state index contributed by atoms with van der Waals surface area (Å²) in [6.45, 7) is 19.9. The highest BCUT2D eigenvalue weighted by Gasteiger charge is 2.44. The zero-order chi connectivity index (χ0) is 28.7. The van der Waals surface area contributed by atoms with Crippen molar-refractivity contribution >= 4 is 23.6 Å². The van der Waals surface area contributed by atoms with Gasteiger partial charge in [-0.05, 0) is 53.7 Å². The molecule has 0 fully saturated rings. The van der Waals surface area contributed by atoms with Crippen molar-refractivity contribution in [2.75, 3.05) is 18.4 Å². The molecule has 0 saturated carbocycles. The van der Waals surface area contributed by atoms with Crippen LogP contribution in [0.2, 0.25) is 0 Å². The molecule has 8 nitrogen and oxygen atoms in total. The number of carboxylic acid groups (broad SMARTS) is 1. The maximum Gasteiger partial charge on any atom is 0.339 e. The Hall–Kier alpha value is -3.03. The smallest absolute Gasteiger partial charge is 0.339 e. The van der Waals surface area contributed by atoms with Crippen LogP contribution in [-0.2, 0) is 4.79 Å². The molecular formula is C29H47N3O5. The number of urea groups is 1. The fourth-order valence-electron chi connectivity index (χ4n) is 4.32. The van der Waals surface area contributed by atoms with Crippen LogP contribution in [0.15, 0.2) is 30.4 Å². The summed E-state index contributed by atoms with van der Waals surface area (Å²) in [5.74, 6) is -1.75. The van der Waals surface area contributed by atoms with E-state index in [1.807, 2.05) is 13.8 Å². The Bertz CT molecular complexity index is 992. The zero-order valence-corrected chi connectivity index (χ0v) is 24.0. The summed E-state index contributed by atoms with van der Waals surface area (Å²) in [4.78, 5) is 36.3. The van der Waals surface area contributed by atoms with Crippen LogP contribution in [0.25, 0.3) is 0 Å². The Kier molecular flexibility index (Phi) is 10.8. The van der Waals surface area contributed by atoms with Crippen molar-refractivity contribution in [1.29, 1.82) is 0 Å². The minimum atomic E-state index is -1.30. The number of hydrogen-bond donors (Lipinski definition) is 5. The minimum Gasteiger partial charge on any atom is -0.507 e. The van der Waals surface area contributed by atoms with E-state index in [0.717, 1.165) is 12.8 Å². The van der Waals surface area contributed by atoms with E-state index >= 15 is 0 Å². The molecule has 0 bridgehead atoms. The maximum atomic E-state index is 13.1. The van der Waals surface area contributed by atoms with Crippen LogP contribution in [0.3, 0.4) is 0 Å². The van der Waals surface area contributed by atoms with E-state index in [1.165, 1.54) is 18.2 Å². The Morgan fingerprint density at radius 2 is 1.54 bits per heavy atom. The predicted molar refractivity (Wildman–Crippen MR) is 149 cm³/mol. The standard InChI is InChI=1S/C29H47N3O5/c1-10-29(9,28(7,8)15-11-14-26(2,3)4)19-27(5,6)24(36)30-16-17-31-25(37)32-20-12-13-22(33)21(18-20)23(34)35/h11-13,15,18,33H,10,14,16-17,19H2,1-9H3,(H,30,36)(H,34,35)(H2,31,32,37). The summed E-state index contributed by atoms with van der Waals surface area (Å²) < 4.78 is 0. The highest BCUT2D eigenvalue weighted by molar-refractivity contribution is 5.95. The van der Waals surface area contributed by atoms with Crippen LogP contribution >= 0.6 is 0 Å². The third-order valence-corrected chi connectivity index (χ3v) is 7.23. The summed E-state index contributed by atoms with van der Waals surface area (Å²) in [7, 11) is 0. The van der Waals surface area contributed by atoms with Gasteiger partial charge < -0.3 is 26.2 Å². The van der Waals surface area contributed by atoms with Gasteiger partial charge in [-0.15, -0.1) is 0 Å². The molecule has 0 spiro atoms. The lowest BCUT2D eigenvalue weighted by molar-refractivity contribution is -0.132. The number of aromatic hydroxyl groups is 1. The summed E-state index contributed by atoms with van der Waals surface area (Å²) in [6.07, 6.45) is 7.19. The van der Waals surface area contributed by atoms with Crippen LogP contribution in [0.5, 0.6) is 5.75 Å². The third kappa shape index (κ3) is 9.74. The molecule has 1 aromatic rings. The molecule has 0 aliphatic heterocycles. The first-order chi connectivity index (χ1) is 16.8. The topological polar surface area (TPSA) is 128 Å². The van der Waals surface area contributed by atoms with E-state index < -0.39 is 17.4 Å². The highest BCUT2D eigenvalue weighted by Crippen LogP contribution is 2.50. The SMILES string of the molecule is CCC(C)(CC(C)(C)C(=O)NCCNC(=O)Nc1ccc(O)c(C(=O)O)c1)C(C)(C)C=CCC(C)(C)C. The number of carbonyl (C=O) groups is 3. The number of anilines is 1. The van der Waals surface area contributed by atoms with Crippen molar-refractivity contribution in [3.8, 4) is 5.75 Å². The molecule has 1 atom stereocenters. The molecule has 5 N–H and O–H groups in total. The molecule has 8 heteroatoms. The number of carboxylic acids is 1. The molecule has 0 heterocycles. The molecule has 3 amide bonds. The quantitative estimate of drug-likeness (QED) is 0.128. The van der Waals surface area contributed by atoms with E-state index in [2.05, 4.69) is 76.6 Å². The highest BCUT2D eigenvalue weighted by atomic mass is 16.4. The van der Waals surface area contributed by atoms with E-state index in [0.29, 0.717) is 6.42 Å². The average molecular weight is 518 g/mol. The molecule has 0 saturated heterocycles. The second kappa shape index (κ2) is 12.5. The number of hydrogen-bond acceptors (Lipinski definition) is 4. The van der Waals surface area contributed by atoms with Crippen molar-refractivity contribution in [1.82, 2.24) is 10.6 Å². The van der Waals surface area contributed by atoms with Gasteiger partial charge in [0.1, 0.15) is 11.3 Å². The van der Waals surface area contributed by atoms with Gasteiger partial charge in [0.2, 0.25) is 5.91 Å². The molecule has 208 valence electrons. The fourth-order valence-corrected chi connectivity index (χ4v) is 4.32. The van der Waals surface area contributed by atoms with Gasteiger partial charge in [-0.1, -0.05) is 74.5 Å². The molecule has 0 aromatic heterocycles. The molecule has 37 heavy (non-hydrogen) atoms. The third-order valence-electron chi connectivity index (χ3n) is 7.23. The van der Waals surface area contributed by atoms with Crippen molar-refractivity contribution < 1.29 is 24.6 Å². The Balaban J connectivity index is 2.66. The largest absolute Gasteiger partial charge is 0.507 e. The number of phenols is 1. The van der Waals surface area contributed by atoms with Crippen LogP contribution in [0.1, 0.15) is 91.9 Å². The number of amides is 3. The van der Waals surface area contributed by atoms with Crippen LogP contribution in [0.4, 0.5) is 10.5 Å². The first-order valence-corrected chi connectivity index (χ1v) is 12.9. The van der Waals surface area contributed by atoms with E-state index in [9.17, 15) is 19.5 Å². The molecular weight excluding hydrogens is 470 g/mol. The van der Waals surface area contributed by atoms with E-state index in [1.54, 1.807) is 0 Å². The summed E-state index contributed by atoms with van der Waals surface area (Å²) in [5.41, 5.74) is -0.653. The minimum absolute atomic E-state index is 0.0755. The lowest BCUT2D eigenvalue weighted by atomic mass is 9.58. The van der Waals surface area contributed by atoms with Crippen LogP contribution in [-0.4, -0.2) is 41.2 Å². The van der Waals surface area contributed by atoms with Gasteiger partial charge in [0.15, 0.2) is 0 Å². The Morgan fingerprint density at radius 1 is 0.946 bits per heavy atom. The molecule has 1 rings (SSSR count). The molecule has 0 aliphatic rings. The number of benzene rings is 1. The summed E-state index contributed by atoms with van der Waals surface area (Å²) >= 11 is 0. The van der Waals surface area contributed by atoms with Gasteiger partial charge in [0, 0.05) is 24.2 Å². The fraction of sp³-hybridized carbons (Fsp3) is 0.621. The number of aromatic carboxylic acids is 1. The normalized spacial score (nSPS) is 14.2. The number of nitrogens with one attached hydrogen (secondary N) is 3. The molecule has 1 unspecified atom stereocenters. The lowest BCUT2D eigenvalue weighted by Gasteiger charge is -2.46. The number of carbonyl (C=O) groups excluding carboxylic acids is 2. The monoisotopic (exact) mass is 517 g/mol.